The summed E-state index contributed by atoms with van der Waals surface area (Å²) < 4.78 is 7.24. The highest BCUT2D eigenvalue weighted by molar-refractivity contribution is 5.83. The fourth-order valence-electron chi connectivity index (χ4n) is 3.96. The molecule has 4 aromatic heterocycles. The first-order valence-electron chi connectivity index (χ1n) is 11.6. The molecule has 1 amide bonds. The predicted molar refractivity (Wildman–Crippen MR) is 133 cm³/mol. The molecule has 0 spiro atoms. The number of rotatable bonds is 4. The normalized spacial score (nSPS) is 14.2. The van der Waals surface area contributed by atoms with Crippen molar-refractivity contribution in [1.82, 2.24) is 34.6 Å². The van der Waals surface area contributed by atoms with Gasteiger partial charge in [-0.2, -0.15) is 5.10 Å². The van der Waals surface area contributed by atoms with E-state index in [4.69, 9.17) is 9.72 Å². The highest BCUT2D eigenvalue weighted by atomic mass is 16.6. The van der Waals surface area contributed by atoms with Gasteiger partial charge in [0.15, 0.2) is 12.1 Å². The minimum absolute atomic E-state index is 0.240. The van der Waals surface area contributed by atoms with Crippen LogP contribution in [0.1, 0.15) is 31.3 Å². The van der Waals surface area contributed by atoms with Gasteiger partial charge >= 0.3 is 6.09 Å². The standard InChI is InChI=1S/C25H26N8O3/c1-25(2,3)36-24(35)32-9-7-31(8-10-32)22-5-4-6-23(30-22)33-21-11-19(27-12-17(21)13-28-33)20-15-26-14-18(16-34)29-20/h4-6,11-16H,7-10H2,1-3H3. The van der Waals surface area contributed by atoms with Crippen LogP contribution in [0.25, 0.3) is 28.1 Å². The highest BCUT2D eigenvalue weighted by Gasteiger charge is 2.26. The Morgan fingerprint density at radius 1 is 0.972 bits per heavy atom. The summed E-state index contributed by atoms with van der Waals surface area (Å²) in [5, 5.41) is 5.37. The van der Waals surface area contributed by atoms with Gasteiger partial charge in [-0.1, -0.05) is 6.07 Å². The summed E-state index contributed by atoms with van der Waals surface area (Å²) in [4.78, 5) is 45.0. The fraction of sp³-hybridized carbons (Fsp3) is 0.320. The van der Waals surface area contributed by atoms with Gasteiger partial charge < -0.3 is 14.5 Å². The van der Waals surface area contributed by atoms with Gasteiger partial charge in [-0.3, -0.25) is 14.8 Å². The molecule has 0 N–H and O–H groups in total. The number of amides is 1. The second kappa shape index (κ2) is 9.33. The summed E-state index contributed by atoms with van der Waals surface area (Å²) in [6, 6.07) is 7.63. The zero-order valence-electron chi connectivity index (χ0n) is 20.3. The lowest BCUT2D eigenvalue weighted by Crippen LogP contribution is -2.50. The topological polar surface area (TPSA) is 119 Å². The smallest absolute Gasteiger partial charge is 0.410 e. The second-order valence-electron chi connectivity index (χ2n) is 9.44. The van der Waals surface area contributed by atoms with Crippen molar-refractivity contribution in [2.75, 3.05) is 31.1 Å². The van der Waals surface area contributed by atoms with E-state index in [0.717, 1.165) is 16.7 Å². The third-order valence-corrected chi connectivity index (χ3v) is 5.68. The van der Waals surface area contributed by atoms with E-state index in [0.29, 0.717) is 49.7 Å². The maximum atomic E-state index is 12.4. The zero-order chi connectivity index (χ0) is 25.3. The van der Waals surface area contributed by atoms with Crippen molar-refractivity contribution in [3.63, 3.8) is 0 Å². The molecule has 1 fully saturated rings. The Balaban J connectivity index is 1.38. The molecule has 0 aromatic carbocycles. The molecular weight excluding hydrogens is 460 g/mol. The van der Waals surface area contributed by atoms with Crippen molar-refractivity contribution in [3.05, 3.63) is 54.7 Å². The van der Waals surface area contributed by atoms with Crippen LogP contribution in [0.2, 0.25) is 0 Å². The van der Waals surface area contributed by atoms with E-state index in [1.54, 1.807) is 28.2 Å². The molecule has 184 valence electrons. The lowest BCUT2D eigenvalue weighted by Gasteiger charge is -2.36. The number of carbonyl (C=O) groups excluding carboxylic acids is 2. The molecule has 1 aliphatic heterocycles. The van der Waals surface area contributed by atoms with Crippen LogP contribution in [0.5, 0.6) is 0 Å². The summed E-state index contributed by atoms with van der Waals surface area (Å²) in [6.07, 6.45) is 6.78. The van der Waals surface area contributed by atoms with E-state index in [2.05, 4.69) is 25.0 Å². The Labute approximate surface area is 207 Å². The van der Waals surface area contributed by atoms with E-state index in [-0.39, 0.29) is 11.8 Å². The molecule has 5 rings (SSSR count). The van der Waals surface area contributed by atoms with Crippen molar-refractivity contribution in [2.45, 2.75) is 26.4 Å². The first-order chi connectivity index (χ1) is 17.3. The number of nitrogens with zero attached hydrogens (tertiary/aromatic N) is 8. The van der Waals surface area contributed by atoms with Crippen LogP contribution < -0.4 is 4.90 Å². The van der Waals surface area contributed by atoms with Gasteiger partial charge in [0.25, 0.3) is 0 Å². The third-order valence-electron chi connectivity index (χ3n) is 5.68. The minimum Gasteiger partial charge on any atom is -0.444 e. The fourth-order valence-corrected chi connectivity index (χ4v) is 3.96. The minimum atomic E-state index is -0.518. The predicted octanol–water partition coefficient (Wildman–Crippen LogP) is 3.14. The molecule has 0 unspecified atom stereocenters. The maximum Gasteiger partial charge on any atom is 0.410 e. The first kappa shape index (κ1) is 23.3. The van der Waals surface area contributed by atoms with Gasteiger partial charge in [-0.15, -0.1) is 0 Å². The van der Waals surface area contributed by atoms with Gasteiger partial charge in [-0.05, 0) is 39.0 Å². The number of pyridine rings is 2. The molecule has 0 saturated carbocycles. The zero-order valence-corrected chi connectivity index (χ0v) is 20.3. The van der Waals surface area contributed by atoms with Crippen molar-refractivity contribution >= 4 is 29.1 Å². The van der Waals surface area contributed by atoms with Gasteiger partial charge in [0.05, 0.1) is 29.8 Å². The van der Waals surface area contributed by atoms with E-state index in [1.807, 2.05) is 45.0 Å². The Bertz CT molecular complexity index is 1420. The van der Waals surface area contributed by atoms with E-state index in [9.17, 15) is 9.59 Å². The second-order valence-corrected chi connectivity index (χ2v) is 9.44. The number of hydrogen-bond donors (Lipinski definition) is 0. The number of hydrogen-bond acceptors (Lipinski definition) is 9. The number of anilines is 1. The molecule has 0 bridgehead atoms. The molecular formula is C25H26N8O3. The Hall–Kier alpha value is -4.41. The van der Waals surface area contributed by atoms with Crippen molar-refractivity contribution in [2.24, 2.45) is 0 Å². The van der Waals surface area contributed by atoms with Crippen LogP contribution >= 0.6 is 0 Å². The quantitative estimate of drug-likeness (QED) is 0.401. The van der Waals surface area contributed by atoms with Gasteiger partial charge in [0.1, 0.15) is 22.8 Å². The van der Waals surface area contributed by atoms with Crippen molar-refractivity contribution in [1.29, 1.82) is 0 Å². The van der Waals surface area contributed by atoms with Crippen LogP contribution in [0, 0.1) is 0 Å². The Morgan fingerprint density at radius 2 is 1.75 bits per heavy atom. The van der Waals surface area contributed by atoms with Crippen LogP contribution in [0.15, 0.2) is 49.1 Å². The monoisotopic (exact) mass is 486 g/mol. The van der Waals surface area contributed by atoms with Crippen molar-refractivity contribution in [3.8, 4) is 17.2 Å². The number of ether oxygens (including phenoxy) is 1. The van der Waals surface area contributed by atoms with E-state index < -0.39 is 5.60 Å². The molecule has 4 aromatic rings. The molecule has 1 saturated heterocycles. The van der Waals surface area contributed by atoms with Gasteiger partial charge in [-0.25, -0.2) is 19.4 Å². The molecule has 0 radical (unpaired) electrons. The molecule has 0 aliphatic carbocycles. The SMILES string of the molecule is CC(C)(C)OC(=O)N1CCN(c2cccc(-n3ncc4cnc(-c5cncc(C=O)n5)cc43)n2)CC1. The Morgan fingerprint density at radius 3 is 2.50 bits per heavy atom. The largest absolute Gasteiger partial charge is 0.444 e. The molecule has 5 heterocycles. The first-order valence-corrected chi connectivity index (χ1v) is 11.6. The molecule has 1 aliphatic rings. The summed E-state index contributed by atoms with van der Waals surface area (Å²) in [5.41, 5.74) is 1.60. The number of piperazine rings is 1. The highest BCUT2D eigenvalue weighted by Crippen LogP contribution is 2.24. The van der Waals surface area contributed by atoms with E-state index >= 15 is 0 Å². The van der Waals surface area contributed by atoms with Crippen LogP contribution in [0.4, 0.5) is 10.6 Å². The van der Waals surface area contributed by atoms with Gasteiger partial charge in [0.2, 0.25) is 0 Å². The van der Waals surface area contributed by atoms with Crippen LogP contribution in [0.3, 0.4) is 0 Å². The van der Waals surface area contributed by atoms with Crippen LogP contribution in [-0.4, -0.2) is 78.8 Å². The van der Waals surface area contributed by atoms with Crippen molar-refractivity contribution < 1.29 is 14.3 Å². The maximum absolute atomic E-state index is 12.4. The summed E-state index contributed by atoms with van der Waals surface area (Å²) in [7, 11) is 0. The molecule has 36 heavy (non-hydrogen) atoms. The summed E-state index contributed by atoms with van der Waals surface area (Å²) in [5.74, 6) is 1.46. The number of aldehydes is 1. The summed E-state index contributed by atoms with van der Waals surface area (Å²) in [6.45, 7) is 8.01. The number of aromatic nitrogens is 6. The summed E-state index contributed by atoms with van der Waals surface area (Å²) >= 11 is 0. The van der Waals surface area contributed by atoms with E-state index in [1.165, 1.54) is 6.20 Å². The molecule has 0 atom stereocenters. The average Bonchev–Trinajstić information content (AvgIpc) is 3.31. The Kier molecular flexibility index (Phi) is 6.05. The lowest BCUT2D eigenvalue weighted by molar-refractivity contribution is 0.0240. The van der Waals surface area contributed by atoms with Gasteiger partial charge in [0, 0.05) is 37.8 Å². The molecule has 11 nitrogen and oxygen atoms in total. The number of carbonyl (C=O) groups is 2. The average molecular weight is 487 g/mol. The van der Waals surface area contributed by atoms with Crippen LogP contribution in [-0.2, 0) is 4.74 Å². The third kappa shape index (κ3) is 4.85. The molecule has 11 heteroatoms. The number of fused-ring (bicyclic) bond motifs is 1. The lowest BCUT2D eigenvalue weighted by atomic mass is 10.2.